The van der Waals surface area contributed by atoms with Gasteiger partial charge in [0, 0.05) is 40.8 Å². The smallest absolute Gasteiger partial charge is 0.138 e. The van der Waals surface area contributed by atoms with Crippen molar-refractivity contribution in [1.82, 2.24) is 35.0 Å². The second-order valence-corrected chi connectivity index (χ2v) is 9.60. The molecule has 0 radical (unpaired) electrons. The first-order valence-electron chi connectivity index (χ1n) is 12.3. The van der Waals surface area contributed by atoms with Gasteiger partial charge in [0.15, 0.2) is 0 Å². The Morgan fingerprint density at radius 2 is 1.74 bits per heavy atom. The Morgan fingerprint density at radius 1 is 0.868 bits per heavy atom. The monoisotopic (exact) mass is 507 g/mol. The Labute approximate surface area is 218 Å². The third kappa shape index (κ3) is 4.59. The maximum absolute atomic E-state index is 14.2. The van der Waals surface area contributed by atoms with Crippen molar-refractivity contribution in [2.45, 2.75) is 6.92 Å². The van der Waals surface area contributed by atoms with E-state index >= 15 is 0 Å². The van der Waals surface area contributed by atoms with Gasteiger partial charge in [-0.1, -0.05) is 6.07 Å². The second kappa shape index (κ2) is 9.68. The fourth-order valence-corrected chi connectivity index (χ4v) is 4.56. The first-order valence-corrected chi connectivity index (χ1v) is 12.3. The number of hydrogen-bond donors (Lipinski definition) is 2. The molecule has 0 atom stereocenters. The molecule has 0 saturated carbocycles. The van der Waals surface area contributed by atoms with Crippen molar-refractivity contribution < 1.29 is 9.13 Å². The van der Waals surface area contributed by atoms with Crippen LogP contribution < -0.4 is 4.74 Å². The maximum atomic E-state index is 14.2. The average molecular weight is 508 g/mol. The molecule has 1 aromatic carbocycles. The predicted molar refractivity (Wildman–Crippen MR) is 146 cm³/mol. The molecule has 190 valence electrons. The highest BCUT2D eigenvalue weighted by Gasteiger charge is 2.16. The number of aryl methyl sites for hydroxylation is 1. The number of aromatic nitrogens is 6. The summed E-state index contributed by atoms with van der Waals surface area (Å²) in [5.74, 6) is 0.426. The predicted octanol–water partition coefficient (Wildman–Crippen LogP) is 5.62. The van der Waals surface area contributed by atoms with E-state index in [9.17, 15) is 4.39 Å². The summed E-state index contributed by atoms with van der Waals surface area (Å²) >= 11 is 0. The van der Waals surface area contributed by atoms with Crippen LogP contribution in [-0.4, -0.2) is 62.3 Å². The van der Waals surface area contributed by atoms with Crippen molar-refractivity contribution in [3.8, 4) is 39.5 Å². The molecule has 0 bridgehead atoms. The van der Waals surface area contributed by atoms with Crippen LogP contribution in [0.5, 0.6) is 5.75 Å². The molecule has 5 aromatic heterocycles. The minimum Gasteiger partial charge on any atom is -0.491 e. The molecule has 0 spiro atoms. The SMILES string of the molecule is Cc1cc(F)cc(-c2cncc3[nH]c(-c4n[nH]c5cnc(-c6cncc(OCCN(C)C)c6)cc45)cc23)c1. The van der Waals surface area contributed by atoms with Crippen molar-refractivity contribution in [1.29, 1.82) is 0 Å². The molecule has 9 heteroatoms. The second-order valence-electron chi connectivity index (χ2n) is 9.60. The van der Waals surface area contributed by atoms with Crippen LogP contribution in [0.15, 0.2) is 67.4 Å². The van der Waals surface area contributed by atoms with Gasteiger partial charge in [0.05, 0.1) is 41.0 Å². The van der Waals surface area contributed by atoms with Crippen LogP contribution in [0.4, 0.5) is 4.39 Å². The van der Waals surface area contributed by atoms with E-state index in [1.54, 1.807) is 31.0 Å². The summed E-state index contributed by atoms with van der Waals surface area (Å²) < 4.78 is 20.0. The zero-order valence-corrected chi connectivity index (χ0v) is 21.3. The zero-order chi connectivity index (χ0) is 26.2. The lowest BCUT2D eigenvalue weighted by Gasteiger charge is -2.11. The highest BCUT2D eigenvalue weighted by molar-refractivity contribution is 6.01. The Hall–Kier alpha value is -4.63. The summed E-state index contributed by atoms with van der Waals surface area (Å²) in [5.41, 5.74) is 7.34. The van der Waals surface area contributed by atoms with Crippen LogP contribution in [-0.2, 0) is 0 Å². The fraction of sp³-hybridized carbons (Fsp3) is 0.172. The standard InChI is InChI=1S/C29H26FN7O/c1-17-6-18(8-20(30)7-17)24-14-32-15-27-22(24)10-26(34-27)29-23-11-25(33-16-28(23)35-36-29)19-9-21(13-31-12-19)38-5-4-37(2)3/h6-16,34H,4-5H2,1-3H3,(H,35,36). The van der Waals surface area contributed by atoms with Crippen LogP contribution in [0.1, 0.15) is 5.56 Å². The molecule has 0 aliphatic rings. The minimum absolute atomic E-state index is 0.271. The van der Waals surface area contributed by atoms with Crippen molar-refractivity contribution in [3.05, 3.63) is 78.8 Å². The highest BCUT2D eigenvalue weighted by atomic mass is 19.1. The van der Waals surface area contributed by atoms with Crippen molar-refractivity contribution in [3.63, 3.8) is 0 Å². The number of halogens is 1. The number of hydrogen-bond acceptors (Lipinski definition) is 6. The number of nitrogens with zero attached hydrogens (tertiary/aromatic N) is 5. The molecule has 0 saturated heterocycles. The van der Waals surface area contributed by atoms with Crippen molar-refractivity contribution >= 4 is 21.8 Å². The Balaban J connectivity index is 1.38. The van der Waals surface area contributed by atoms with Gasteiger partial charge in [-0.25, -0.2) is 4.39 Å². The highest BCUT2D eigenvalue weighted by Crippen LogP contribution is 2.35. The van der Waals surface area contributed by atoms with E-state index in [1.165, 1.54) is 12.1 Å². The number of rotatable bonds is 7. The van der Waals surface area contributed by atoms with Crippen LogP contribution in [0.25, 0.3) is 55.6 Å². The number of benzene rings is 1. The topological polar surface area (TPSA) is 95.6 Å². The minimum atomic E-state index is -0.271. The molecule has 0 amide bonds. The summed E-state index contributed by atoms with van der Waals surface area (Å²) in [6, 6.07) is 11.0. The summed E-state index contributed by atoms with van der Waals surface area (Å²) in [6.45, 7) is 3.27. The number of H-pyrrole nitrogens is 2. The third-order valence-corrected chi connectivity index (χ3v) is 6.42. The number of ether oxygens (including phenoxy) is 1. The van der Waals surface area contributed by atoms with Gasteiger partial charge in [0.1, 0.15) is 23.9 Å². The van der Waals surface area contributed by atoms with E-state index in [0.29, 0.717) is 12.4 Å². The number of aromatic amines is 2. The molecule has 0 aliphatic heterocycles. The number of fused-ring (bicyclic) bond motifs is 2. The first-order chi connectivity index (χ1) is 18.4. The van der Waals surface area contributed by atoms with E-state index in [4.69, 9.17) is 4.74 Å². The van der Waals surface area contributed by atoms with Gasteiger partial charge in [-0.3, -0.25) is 20.1 Å². The summed E-state index contributed by atoms with van der Waals surface area (Å²) in [6.07, 6.45) is 8.78. The van der Waals surface area contributed by atoms with E-state index < -0.39 is 0 Å². The van der Waals surface area contributed by atoms with Gasteiger partial charge >= 0.3 is 0 Å². The van der Waals surface area contributed by atoms with E-state index in [-0.39, 0.29) is 5.82 Å². The van der Waals surface area contributed by atoms with E-state index in [0.717, 1.165) is 67.7 Å². The molecule has 0 unspecified atom stereocenters. The van der Waals surface area contributed by atoms with Gasteiger partial charge < -0.3 is 14.6 Å². The Morgan fingerprint density at radius 3 is 2.58 bits per heavy atom. The van der Waals surface area contributed by atoms with Crippen molar-refractivity contribution in [2.75, 3.05) is 27.2 Å². The molecule has 2 N–H and O–H groups in total. The summed E-state index contributed by atoms with van der Waals surface area (Å²) in [5, 5.41) is 9.51. The molecular weight excluding hydrogens is 481 g/mol. The largest absolute Gasteiger partial charge is 0.491 e. The quantitative estimate of drug-likeness (QED) is 0.291. The van der Waals surface area contributed by atoms with Crippen molar-refractivity contribution in [2.24, 2.45) is 0 Å². The Kier molecular flexibility index (Phi) is 6.05. The van der Waals surface area contributed by atoms with Crippen LogP contribution in [0.2, 0.25) is 0 Å². The van der Waals surface area contributed by atoms with Gasteiger partial charge in [-0.05, 0) is 62.5 Å². The summed E-state index contributed by atoms with van der Waals surface area (Å²) in [4.78, 5) is 18.8. The van der Waals surface area contributed by atoms with Gasteiger partial charge in [0.25, 0.3) is 0 Å². The molecule has 8 nitrogen and oxygen atoms in total. The third-order valence-electron chi connectivity index (χ3n) is 6.42. The molecular formula is C29H26FN7O. The lowest BCUT2D eigenvalue weighted by molar-refractivity contribution is 0.261. The lowest BCUT2D eigenvalue weighted by Crippen LogP contribution is -2.19. The number of likely N-dealkylation sites (N-methyl/N-ethyl adjacent to an activating group) is 1. The Bertz CT molecular complexity index is 1750. The molecule has 6 aromatic rings. The van der Waals surface area contributed by atoms with Gasteiger partial charge in [0.2, 0.25) is 0 Å². The van der Waals surface area contributed by atoms with Crippen LogP contribution >= 0.6 is 0 Å². The van der Waals surface area contributed by atoms with Crippen LogP contribution in [0.3, 0.4) is 0 Å². The molecule has 38 heavy (non-hydrogen) atoms. The van der Waals surface area contributed by atoms with Crippen LogP contribution in [0, 0.1) is 12.7 Å². The summed E-state index contributed by atoms with van der Waals surface area (Å²) in [7, 11) is 4.01. The fourth-order valence-electron chi connectivity index (χ4n) is 4.56. The number of nitrogens with one attached hydrogen (secondary N) is 2. The maximum Gasteiger partial charge on any atom is 0.138 e. The van der Waals surface area contributed by atoms with E-state index in [1.807, 2.05) is 45.3 Å². The normalized spacial score (nSPS) is 11.6. The van der Waals surface area contributed by atoms with Gasteiger partial charge in [-0.15, -0.1) is 0 Å². The molecule has 5 heterocycles. The molecule has 0 aliphatic carbocycles. The molecule has 0 fully saturated rings. The first kappa shape index (κ1) is 23.7. The zero-order valence-electron chi connectivity index (χ0n) is 21.3. The lowest BCUT2D eigenvalue weighted by atomic mass is 10.0. The average Bonchev–Trinajstić information content (AvgIpc) is 3.51. The van der Waals surface area contributed by atoms with E-state index in [2.05, 4.69) is 35.0 Å². The number of pyridine rings is 3. The van der Waals surface area contributed by atoms with Gasteiger partial charge in [-0.2, -0.15) is 5.10 Å². The molecule has 6 rings (SSSR count).